The summed E-state index contributed by atoms with van der Waals surface area (Å²) >= 11 is 3.49. The van der Waals surface area contributed by atoms with Crippen LogP contribution in [-0.4, -0.2) is 9.55 Å². The van der Waals surface area contributed by atoms with Crippen molar-refractivity contribution in [3.8, 4) is 11.1 Å². The molecule has 1 aromatic heterocycles. The summed E-state index contributed by atoms with van der Waals surface area (Å²) in [6, 6.07) is 23.5. The fraction of sp³-hybridized carbons (Fsp3) is 0.231. The predicted molar refractivity (Wildman–Crippen MR) is 124 cm³/mol. The fourth-order valence-electron chi connectivity index (χ4n) is 5.40. The first-order chi connectivity index (χ1) is 14.7. The van der Waals surface area contributed by atoms with E-state index in [1.54, 1.807) is 0 Å². The van der Waals surface area contributed by atoms with Gasteiger partial charge in [0.15, 0.2) is 0 Å². The van der Waals surface area contributed by atoms with Crippen molar-refractivity contribution in [1.82, 2.24) is 9.55 Å². The van der Waals surface area contributed by atoms with E-state index >= 15 is 0 Å². The van der Waals surface area contributed by atoms with Gasteiger partial charge in [-0.3, -0.25) is 9.36 Å². The van der Waals surface area contributed by atoms with Gasteiger partial charge in [-0.15, -0.1) is 0 Å². The molecule has 4 heteroatoms. The lowest BCUT2D eigenvalue weighted by Crippen LogP contribution is -2.24. The van der Waals surface area contributed by atoms with E-state index in [0.717, 1.165) is 41.5 Å². The summed E-state index contributed by atoms with van der Waals surface area (Å²) in [6.45, 7) is 0. The van der Waals surface area contributed by atoms with Crippen LogP contribution < -0.4 is 5.56 Å². The normalized spacial score (nSPS) is 17.2. The number of aryl methyl sites for hydroxylation is 1. The molecule has 0 N–H and O–H groups in total. The van der Waals surface area contributed by atoms with Gasteiger partial charge in [-0.25, -0.2) is 4.98 Å². The Kier molecular flexibility index (Phi) is 4.17. The van der Waals surface area contributed by atoms with Crippen LogP contribution in [0.2, 0.25) is 0 Å². The zero-order valence-electron chi connectivity index (χ0n) is 16.5. The topological polar surface area (TPSA) is 34.9 Å². The van der Waals surface area contributed by atoms with Gasteiger partial charge in [-0.2, -0.15) is 0 Å². The van der Waals surface area contributed by atoms with Gasteiger partial charge >= 0.3 is 0 Å². The predicted octanol–water partition coefficient (Wildman–Crippen LogP) is 6.24. The molecule has 3 aromatic carbocycles. The second kappa shape index (κ2) is 6.92. The fourth-order valence-corrected chi connectivity index (χ4v) is 5.75. The number of aromatic nitrogens is 2. The third kappa shape index (κ3) is 2.70. The van der Waals surface area contributed by atoms with Crippen molar-refractivity contribution >= 4 is 26.8 Å². The first-order valence-corrected chi connectivity index (χ1v) is 11.4. The molecule has 1 aliphatic carbocycles. The average molecular weight is 457 g/mol. The van der Waals surface area contributed by atoms with Crippen molar-refractivity contribution < 1.29 is 0 Å². The molecule has 148 valence electrons. The number of benzene rings is 3. The molecule has 30 heavy (non-hydrogen) atoms. The molecule has 0 radical (unpaired) electrons. The van der Waals surface area contributed by atoms with E-state index in [9.17, 15) is 4.79 Å². The number of nitrogens with zero attached hydrogens (tertiary/aromatic N) is 2. The Labute approximate surface area is 183 Å². The molecular weight excluding hydrogens is 436 g/mol. The maximum absolute atomic E-state index is 13.2. The summed E-state index contributed by atoms with van der Waals surface area (Å²) in [6.07, 6.45) is 3.91. The zero-order valence-corrected chi connectivity index (χ0v) is 18.1. The Morgan fingerprint density at radius 3 is 2.37 bits per heavy atom. The van der Waals surface area contributed by atoms with Gasteiger partial charge in [-0.05, 0) is 59.7 Å². The lowest BCUT2D eigenvalue weighted by Gasteiger charge is -2.19. The van der Waals surface area contributed by atoms with Crippen LogP contribution in [0.1, 0.15) is 48.2 Å². The highest BCUT2D eigenvalue weighted by atomic mass is 79.9. The Bertz CT molecular complexity index is 1310. The highest BCUT2D eigenvalue weighted by molar-refractivity contribution is 9.10. The van der Waals surface area contributed by atoms with E-state index in [1.807, 2.05) is 22.8 Å². The maximum Gasteiger partial charge on any atom is 0.261 e. The maximum atomic E-state index is 13.2. The Hall–Kier alpha value is -2.72. The smallest absolute Gasteiger partial charge is 0.261 e. The highest BCUT2D eigenvalue weighted by Crippen LogP contribution is 2.47. The second-order valence-electron chi connectivity index (χ2n) is 8.36. The minimum Gasteiger partial charge on any atom is -0.293 e. The van der Waals surface area contributed by atoms with E-state index in [2.05, 4.69) is 64.5 Å². The van der Waals surface area contributed by atoms with Crippen LogP contribution >= 0.6 is 15.9 Å². The van der Waals surface area contributed by atoms with Crippen LogP contribution in [0.3, 0.4) is 0 Å². The summed E-state index contributed by atoms with van der Waals surface area (Å²) in [7, 11) is 0. The summed E-state index contributed by atoms with van der Waals surface area (Å²) in [5, 5.41) is 0.713. The summed E-state index contributed by atoms with van der Waals surface area (Å²) in [4.78, 5) is 18.1. The average Bonchev–Trinajstić information content (AvgIpc) is 3.31. The molecule has 0 bridgehead atoms. The Morgan fingerprint density at radius 1 is 0.933 bits per heavy atom. The van der Waals surface area contributed by atoms with Gasteiger partial charge in [0.05, 0.1) is 10.9 Å². The van der Waals surface area contributed by atoms with Crippen molar-refractivity contribution in [1.29, 1.82) is 0 Å². The van der Waals surface area contributed by atoms with Gasteiger partial charge in [0, 0.05) is 22.9 Å². The number of fused-ring (bicyclic) bond motifs is 5. The minimum absolute atomic E-state index is 0.109. The van der Waals surface area contributed by atoms with Gasteiger partial charge in [0.1, 0.15) is 5.82 Å². The molecule has 4 aromatic rings. The summed E-state index contributed by atoms with van der Waals surface area (Å²) in [5.41, 5.74) is 6.47. The number of halogens is 1. The van der Waals surface area contributed by atoms with Gasteiger partial charge in [0.2, 0.25) is 0 Å². The summed E-state index contributed by atoms with van der Waals surface area (Å²) in [5.74, 6) is 1.34. The van der Waals surface area contributed by atoms with E-state index in [4.69, 9.17) is 4.98 Å². The van der Waals surface area contributed by atoms with Crippen molar-refractivity contribution in [2.75, 3.05) is 0 Å². The number of hydrogen-bond acceptors (Lipinski definition) is 2. The largest absolute Gasteiger partial charge is 0.293 e. The monoisotopic (exact) mass is 456 g/mol. The molecule has 3 nitrogen and oxygen atoms in total. The van der Waals surface area contributed by atoms with Crippen molar-refractivity contribution in [2.45, 2.75) is 37.6 Å². The molecule has 2 aliphatic rings. The number of hydrogen-bond donors (Lipinski definition) is 0. The standard InChI is InChI=1S/C26H21BrN2O/c27-16-9-12-23-24(15-16)28-25-14-11-17(29(25)26(23)30)10-13-22-20-7-3-1-5-18(20)19-6-2-4-8-21(19)22/h1-9,12,15,17,22H,10-11,13-14H2. The van der Waals surface area contributed by atoms with E-state index in [1.165, 1.54) is 22.3 Å². The highest BCUT2D eigenvalue weighted by Gasteiger charge is 2.31. The molecule has 2 heterocycles. The van der Waals surface area contributed by atoms with E-state index in [0.29, 0.717) is 11.3 Å². The van der Waals surface area contributed by atoms with Gasteiger partial charge < -0.3 is 0 Å². The summed E-state index contributed by atoms with van der Waals surface area (Å²) < 4.78 is 2.93. The SMILES string of the molecule is O=c1c2ccc(Br)cc2nc2n1C(CCC1c3ccccc3-c3ccccc31)CC2. The minimum atomic E-state index is 0.109. The Morgan fingerprint density at radius 2 is 1.63 bits per heavy atom. The molecular formula is C26H21BrN2O. The lowest BCUT2D eigenvalue weighted by molar-refractivity contribution is 0.450. The van der Waals surface area contributed by atoms with Crippen LogP contribution in [0, 0.1) is 0 Å². The molecule has 1 aliphatic heterocycles. The molecule has 0 fully saturated rings. The van der Waals surface area contributed by atoms with E-state index in [-0.39, 0.29) is 11.6 Å². The van der Waals surface area contributed by atoms with Crippen molar-refractivity contribution in [2.24, 2.45) is 0 Å². The molecule has 0 amide bonds. The van der Waals surface area contributed by atoms with E-state index < -0.39 is 0 Å². The lowest BCUT2D eigenvalue weighted by atomic mass is 9.90. The van der Waals surface area contributed by atoms with Gasteiger partial charge in [-0.1, -0.05) is 64.5 Å². The first kappa shape index (κ1) is 18.1. The zero-order chi connectivity index (χ0) is 20.2. The molecule has 1 unspecified atom stereocenters. The Balaban J connectivity index is 1.34. The van der Waals surface area contributed by atoms with Crippen molar-refractivity contribution in [3.05, 3.63) is 98.5 Å². The molecule has 6 rings (SSSR count). The van der Waals surface area contributed by atoms with Crippen LogP contribution in [0.15, 0.2) is 76.0 Å². The molecule has 1 atom stereocenters. The second-order valence-corrected chi connectivity index (χ2v) is 9.28. The third-order valence-electron chi connectivity index (χ3n) is 6.75. The third-order valence-corrected chi connectivity index (χ3v) is 7.25. The van der Waals surface area contributed by atoms with Crippen LogP contribution in [0.5, 0.6) is 0 Å². The number of rotatable bonds is 3. The van der Waals surface area contributed by atoms with Crippen LogP contribution in [0.4, 0.5) is 0 Å². The van der Waals surface area contributed by atoms with Gasteiger partial charge in [0.25, 0.3) is 5.56 Å². The first-order valence-electron chi connectivity index (χ1n) is 10.6. The van der Waals surface area contributed by atoms with Crippen molar-refractivity contribution in [3.63, 3.8) is 0 Å². The van der Waals surface area contributed by atoms with Crippen LogP contribution in [0.25, 0.3) is 22.0 Å². The quantitative estimate of drug-likeness (QED) is 0.365. The molecule has 0 saturated heterocycles. The molecule has 0 spiro atoms. The van der Waals surface area contributed by atoms with Crippen LogP contribution in [-0.2, 0) is 6.42 Å². The molecule has 0 saturated carbocycles.